The second-order valence-electron chi connectivity index (χ2n) is 0.950. The van der Waals surface area contributed by atoms with Crippen LogP contribution < -0.4 is 0 Å². The number of alkyl halides is 3. The maximum Gasteiger partial charge on any atom is 0.359 e. The van der Waals surface area contributed by atoms with Crippen molar-refractivity contribution in [2.45, 2.75) is 5.92 Å². The van der Waals surface area contributed by atoms with E-state index in [2.05, 4.69) is 0 Å². The molecule has 0 bridgehead atoms. The minimum Gasteiger partial charge on any atom is -0.243 e. The molecule has 0 aliphatic rings. The Morgan fingerprint density at radius 2 is 2.00 bits per heavy atom. The van der Waals surface area contributed by atoms with Crippen LogP contribution in [0, 0.1) is 11.3 Å². The average molecular weight is 109 g/mol. The van der Waals surface area contributed by atoms with E-state index < -0.39 is 12.6 Å². The number of hydrogen-bond acceptors (Lipinski definition) is 1. The summed E-state index contributed by atoms with van der Waals surface area (Å²) in [6.45, 7) is -1.90. The second kappa shape index (κ2) is 1.82. The number of halogens is 3. The van der Waals surface area contributed by atoms with Crippen molar-refractivity contribution in [1.29, 1.82) is 5.26 Å². The Morgan fingerprint density at radius 3 is 2.00 bits per heavy atom. The SMILES string of the molecule is N#CC(F)(F)CF. The largest absolute Gasteiger partial charge is 0.359 e. The fourth-order valence-corrected chi connectivity index (χ4v) is 0.0299. The number of hydrogen-bond donors (Lipinski definition) is 0. The molecule has 0 amide bonds. The van der Waals surface area contributed by atoms with E-state index in [4.69, 9.17) is 5.26 Å². The van der Waals surface area contributed by atoms with Gasteiger partial charge in [-0.15, -0.1) is 0 Å². The van der Waals surface area contributed by atoms with Gasteiger partial charge in [-0.25, -0.2) is 4.39 Å². The zero-order chi connectivity index (χ0) is 5.91. The Hall–Kier alpha value is -0.720. The van der Waals surface area contributed by atoms with Crippen molar-refractivity contribution in [3.8, 4) is 6.07 Å². The molecule has 0 saturated heterocycles. The number of rotatable bonds is 1. The highest BCUT2D eigenvalue weighted by Gasteiger charge is 2.27. The first-order valence-corrected chi connectivity index (χ1v) is 1.47. The molecule has 1 nitrogen and oxygen atoms in total. The van der Waals surface area contributed by atoms with E-state index >= 15 is 0 Å². The number of nitrogens with zero attached hydrogens (tertiary/aromatic N) is 1. The maximum absolute atomic E-state index is 11.1. The van der Waals surface area contributed by atoms with Crippen LogP contribution >= 0.6 is 0 Å². The monoisotopic (exact) mass is 109 g/mol. The van der Waals surface area contributed by atoms with E-state index in [1.165, 1.54) is 0 Å². The molecule has 0 aromatic heterocycles. The van der Waals surface area contributed by atoms with Crippen molar-refractivity contribution >= 4 is 0 Å². The lowest BCUT2D eigenvalue weighted by Crippen LogP contribution is -2.14. The smallest absolute Gasteiger partial charge is 0.243 e. The van der Waals surface area contributed by atoms with Crippen LogP contribution in [0.4, 0.5) is 13.2 Å². The van der Waals surface area contributed by atoms with Gasteiger partial charge in [-0.1, -0.05) is 0 Å². The fraction of sp³-hybridized carbons (Fsp3) is 0.667. The molecule has 0 aliphatic carbocycles. The molecule has 0 aliphatic heterocycles. The van der Waals surface area contributed by atoms with Crippen LogP contribution in [-0.4, -0.2) is 12.6 Å². The third kappa shape index (κ3) is 2.04. The summed E-state index contributed by atoms with van der Waals surface area (Å²) in [7, 11) is 0. The first kappa shape index (κ1) is 6.28. The summed E-state index contributed by atoms with van der Waals surface area (Å²) in [5.41, 5.74) is 0. The summed E-state index contributed by atoms with van der Waals surface area (Å²) >= 11 is 0. The van der Waals surface area contributed by atoms with Gasteiger partial charge in [0.25, 0.3) is 0 Å². The van der Waals surface area contributed by atoms with Gasteiger partial charge in [0, 0.05) is 0 Å². The van der Waals surface area contributed by atoms with Crippen molar-refractivity contribution < 1.29 is 13.2 Å². The summed E-state index contributed by atoms with van der Waals surface area (Å²) in [5.74, 6) is -3.78. The van der Waals surface area contributed by atoms with Crippen molar-refractivity contribution in [2.75, 3.05) is 6.67 Å². The van der Waals surface area contributed by atoms with Crippen molar-refractivity contribution in [2.24, 2.45) is 0 Å². The van der Waals surface area contributed by atoms with Gasteiger partial charge in [0.1, 0.15) is 6.07 Å². The van der Waals surface area contributed by atoms with Gasteiger partial charge in [0.2, 0.25) is 0 Å². The van der Waals surface area contributed by atoms with Gasteiger partial charge in [0.05, 0.1) is 0 Å². The molecule has 0 saturated carbocycles. The average Bonchev–Trinajstić information content (AvgIpc) is 1.68. The summed E-state index contributed by atoms with van der Waals surface area (Å²) in [6.07, 6.45) is 0. The zero-order valence-electron chi connectivity index (χ0n) is 3.29. The topological polar surface area (TPSA) is 23.8 Å². The summed E-state index contributed by atoms with van der Waals surface area (Å²) in [6, 6.07) is 0.483. The predicted octanol–water partition coefficient (Wildman–Crippen LogP) is 1.11. The van der Waals surface area contributed by atoms with E-state index in [9.17, 15) is 13.2 Å². The number of nitriles is 1. The Bertz CT molecular complexity index is 92.8. The lowest BCUT2D eigenvalue weighted by atomic mass is 10.4. The third-order valence-corrected chi connectivity index (χ3v) is 0.331. The highest BCUT2D eigenvalue weighted by atomic mass is 19.3. The van der Waals surface area contributed by atoms with Crippen LogP contribution in [0.1, 0.15) is 0 Å². The van der Waals surface area contributed by atoms with E-state index in [-0.39, 0.29) is 0 Å². The molecule has 0 heterocycles. The Labute approximate surface area is 38.4 Å². The molecule has 0 radical (unpaired) electrons. The van der Waals surface area contributed by atoms with Crippen LogP contribution in [-0.2, 0) is 0 Å². The van der Waals surface area contributed by atoms with Crippen molar-refractivity contribution in [3.63, 3.8) is 0 Å². The third-order valence-electron chi connectivity index (χ3n) is 0.331. The molecule has 0 aromatic carbocycles. The van der Waals surface area contributed by atoms with Crippen LogP contribution in [0.25, 0.3) is 0 Å². The van der Waals surface area contributed by atoms with Gasteiger partial charge in [0.15, 0.2) is 6.67 Å². The fourth-order valence-electron chi connectivity index (χ4n) is 0.0299. The molecule has 0 N–H and O–H groups in total. The van der Waals surface area contributed by atoms with E-state index in [1.54, 1.807) is 0 Å². The standard InChI is InChI=1S/C3H2F3N/c4-1-3(5,6)2-7/h1H2. The maximum atomic E-state index is 11.1. The Balaban J connectivity index is 3.66. The van der Waals surface area contributed by atoms with Crippen LogP contribution in [0.2, 0.25) is 0 Å². The second-order valence-corrected chi connectivity index (χ2v) is 0.950. The molecular formula is C3H2F3N. The first-order chi connectivity index (χ1) is 3.12. The molecule has 0 aromatic rings. The molecular weight excluding hydrogens is 107 g/mol. The highest BCUT2D eigenvalue weighted by Crippen LogP contribution is 2.10. The minimum atomic E-state index is -3.78. The minimum absolute atomic E-state index is 0.483. The molecule has 0 unspecified atom stereocenters. The molecule has 0 atom stereocenters. The normalized spacial score (nSPS) is 10.6. The lowest BCUT2D eigenvalue weighted by Gasteiger charge is -1.95. The van der Waals surface area contributed by atoms with Gasteiger partial charge in [-0.3, -0.25) is 0 Å². The molecule has 4 heteroatoms. The van der Waals surface area contributed by atoms with E-state index in [1.807, 2.05) is 0 Å². The van der Waals surface area contributed by atoms with Gasteiger partial charge in [-0.2, -0.15) is 14.0 Å². The van der Waals surface area contributed by atoms with Gasteiger partial charge >= 0.3 is 5.92 Å². The molecule has 0 rings (SSSR count). The summed E-state index contributed by atoms with van der Waals surface area (Å²) in [5, 5.41) is 7.35. The highest BCUT2D eigenvalue weighted by molar-refractivity contribution is 4.90. The van der Waals surface area contributed by atoms with E-state index in [0.717, 1.165) is 0 Å². The molecule has 0 spiro atoms. The quantitative estimate of drug-likeness (QED) is 0.494. The van der Waals surface area contributed by atoms with Crippen LogP contribution in [0.15, 0.2) is 0 Å². The zero-order valence-corrected chi connectivity index (χ0v) is 3.29. The lowest BCUT2D eigenvalue weighted by molar-refractivity contribution is 0.0357. The Morgan fingerprint density at radius 1 is 1.57 bits per heavy atom. The van der Waals surface area contributed by atoms with E-state index in [0.29, 0.717) is 6.07 Å². The molecule has 0 fully saturated rings. The van der Waals surface area contributed by atoms with Crippen molar-refractivity contribution in [3.05, 3.63) is 0 Å². The summed E-state index contributed by atoms with van der Waals surface area (Å²) < 4.78 is 33.1. The van der Waals surface area contributed by atoms with Crippen LogP contribution in [0.3, 0.4) is 0 Å². The predicted molar refractivity (Wildman–Crippen MR) is 16.5 cm³/mol. The molecule has 40 valence electrons. The van der Waals surface area contributed by atoms with Gasteiger partial charge in [-0.05, 0) is 0 Å². The summed E-state index contributed by atoms with van der Waals surface area (Å²) in [4.78, 5) is 0. The first-order valence-electron chi connectivity index (χ1n) is 1.47. The van der Waals surface area contributed by atoms with Crippen molar-refractivity contribution in [1.82, 2.24) is 0 Å². The van der Waals surface area contributed by atoms with Crippen LogP contribution in [0.5, 0.6) is 0 Å². The molecule has 7 heavy (non-hydrogen) atoms. The Kier molecular flexibility index (Phi) is 1.64. The van der Waals surface area contributed by atoms with Gasteiger partial charge < -0.3 is 0 Å².